The fraction of sp³-hybridized carbons (Fsp3) is 0.743. The highest BCUT2D eigenvalue weighted by Crippen LogP contribution is 2.43. The molecule has 0 aliphatic rings. The monoisotopic (exact) mass is 1140 g/mol. The van der Waals surface area contributed by atoms with Crippen molar-refractivity contribution in [2.45, 2.75) is 309 Å². The second kappa shape index (κ2) is 65.1. The van der Waals surface area contributed by atoms with Gasteiger partial charge < -0.3 is 20.1 Å². The lowest BCUT2D eigenvalue weighted by molar-refractivity contribution is -0.161. The number of allylic oxidation sites excluding steroid dienone is 16. The molecule has 0 rings (SSSR count). The first-order valence-corrected chi connectivity index (χ1v) is 34.7. The van der Waals surface area contributed by atoms with Crippen LogP contribution in [0.15, 0.2) is 97.2 Å². The maximum atomic E-state index is 12.7. The number of hydrogen-bond acceptors (Lipinski definition) is 8. The number of rotatable bonds is 62. The summed E-state index contributed by atoms with van der Waals surface area (Å²) < 4.78 is 33.1. The van der Waals surface area contributed by atoms with Crippen molar-refractivity contribution in [2.24, 2.45) is 5.73 Å². The third-order valence-electron chi connectivity index (χ3n) is 14.2. The van der Waals surface area contributed by atoms with Crippen molar-refractivity contribution in [3.8, 4) is 0 Å². The molecule has 0 aromatic rings. The second-order valence-corrected chi connectivity index (χ2v) is 23.4. The van der Waals surface area contributed by atoms with Crippen LogP contribution in [0.4, 0.5) is 0 Å². The molecule has 0 spiro atoms. The average Bonchev–Trinajstić information content (AvgIpc) is 3.45. The lowest BCUT2D eigenvalue weighted by Gasteiger charge is -2.19. The summed E-state index contributed by atoms with van der Waals surface area (Å²) in [6.07, 6.45) is 87.7. The van der Waals surface area contributed by atoms with E-state index in [0.29, 0.717) is 6.42 Å². The number of carbonyl (C=O) groups excluding carboxylic acids is 2. The fourth-order valence-electron chi connectivity index (χ4n) is 9.36. The van der Waals surface area contributed by atoms with Crippen molar-refractivity contribution in [1.82, 2.24) is 0 Å². The standard InChI is InChI=1S/C70H124NO8P/c1-3-5-7-9-11-13-15-17-19-21-23-25-27-29-31-32-33-34-35-36-37-39-41-43-45-47-49-51-53-55-57-59-61-63-70(73)79-68(67-78-80(74,75)77-65-64-71)66-76-69(72)62-60-58-56-54-52-50-48-46-44-42-40-38-30-28-26-24-22-20-18-16-14-12-10-8-6-4-2/h5,7,11,13,17,19,23,25,29,31,33-34,36-37,41,43,68H,3-4,6,8-10,12,14-16,18,20-22,24,26-28,30,32,35,38-40,42,44-67,71H2,1-2H3,(H,74,75)/b7-5-,13-11-,19-17-,25-23-,31-29-,34-33-,37-36-,43-41-. The molecule has 10 heteroatoms. The van der Waals surface area contributed by atoms with E-state index in [0.717, 1.165) is 96.3 Å². The minimum absolute atomic E-state index is 0.0491. The summed E-state index contributed by atoms with van der Waals surface area (Å²) in [4.78, 5) is 35.3. The highest BCUT2D eigenvalue weighted by molar-refractivity contribution is 7.47. The molecular weight excluding hydrogens is 1010 g/mol. The molecule has 2 atom stereocenters. The summed E-state index contributed by atoms with van der Waals surface area (Å²) in [5.41, 5.74) is 5.40. The van der Waals surface area contributed by atoms with Gasteiger partial charge in [0.1, 0.15) is 6.61 Å². The van der Waals surface area contributed by atoms with Crippen LogP contribution >= 0.6 is 7.82 Å². The zero-order valence-electron chi connectivity index (χ0n) is 51.8. The van der Waals surface area contributed by atoms with Crippen LogP contribution in [0.2, 0.25) is 0 Å². The molecule has 0 aliphatic heterocycles. The molecule has 0 aromatic carbocycles. The number of phosphoric ester groups is 1. The van der Waals surface area contributed by atoms with Crippen LogP contribution in [0.25, 0.3) is 0 Å². The molecule has 0 saturated carbocycles. The third kappa shape index (κ3) is 64.1. The minimum Gasteiger partial charge on any atom is -0.462 e. The van der Waals surface area contributed by atoms with E-state index in [2.05, 4.69) is 111 Å². The molecule has 0 aromatic heterocycles. The zero-order chi connectivity index (χ0) is 58.0. The first kappa shape index (κ1) is 76.9. The van der Waals surface area contributed by atoms with Crippen molar-refractivity contribution in [2.75, 3.05) is 26.4 Å². The number of esters is 2. The van der Waals surface area contributed by atoms with E-state index >= 15 is 0 Å². The molecule has 0 heterocycles. The van der Waals surface area contributed by atoms with E-state index in [-0.39, 0.29) is 38.6 Å². The number of ether oxygens (including phenoxy) is 2. The van der Waals surface area contributed by atoms with Crippen LogP contribution in [-0.2, 0) is 32.7 Å². The van der Waals surface area contributed by atoms with Crippen LogP contribution in [0.1, 0.15) is 303 Å². The molecule has 2 unspecified atom stereocenters. The van der Waals surface area contributed by atoms with Gasteiger partial charge in [-0.05, 0) is 77.0 Å². The molecule has 0 bridgehead atoms. The number of unbranched alkanes of at least 4 members (excludes halogenated alkanes) is 33. The third-order valence-corrected chi connectivity index (χ3v) is 15.2. The van der Waals surface area contributed by atoms with Gasteiger partial charge in [-0.2, -0.15) is 0 Å². The van der Waals surface area contributed by atoms with Crippen molar-refractivity contribution < 1.29 is 37.6 Å². The number of phosphoric acid groups is 1. The van der Waals surface area contributed by atoms with E-state index in [1.807, 2.05) is 0 Å². The molecule has 0 aliphatic carbocycles. The van der Waals surface area contributed by atoms with Gasteiger partial charge in [-0.3, -0.25) is 18.6 Å². The Kier molecular flexibility index (Phi) is 62.6. The van der Waals surface area contributed by atoms with E-state index < -0.39 is 26.5 Å². The summed E-state index contributed by atoms with van der Waals surface area (Å²) in [7, 11) is -4.40. The van der Waals surface area contributed by atoms with Gasteiger partial charge >= 0.3 is 19.8 Å². The van der Waals surface area contributed by atoms with Crippen molar-refractivity contribution in [1.29, 1.82) is 0 Å². The molecular formula is C70H124NO8P. The smallest absolute Gasteiger partial charge is 0.462 e. The Morgan fingerprint density at radius 3 is 1.02 bits per heavy atom. The summed E-state index contributed by atoms with van der Waals surface area (Å²) in [5, 5.41) is 0. The highest BCUT2D eigenvalue weighted by atomic mass is 31.2. The predicted octanol–water partition coefficient (Wildman–Crippen LogP) is 21.6. The lowest BCUT2D eigenvalue weighted by atomic mass is 10.0. The Morgan fingerprint density at radius 2 is 0.688 bits per heavy atom. The van der Waals surface area contributed by atoms with E-state index in [1.54, 1.807) is 0 Å². The molecule has 3 N–H and O–H groups in total. The molecule has 462 valence electrons. The Labute approximate surface area is 493 Å². The lowest BCUT2D eigenvalue weighted by Crippen LogP contribution is -2.29. The maximum absolute atomic E-state index is 12.7. The zero-order valence-corrected chi connectivity index (χ0v) is 52.7. The first-order valence-electron chi connectivity index (χ1n) is 33.2. The molecule has 0 amide bonds. The van der Waals surface area contributed by atoms with Gasteiger partial charge in [-0.25, -0.2) is 4.57 Å². The average molecular weight is 1140 g/mol. The summed E-state index contributed by atoms with van der Waals surface area (Å²) >= 11 is 0. The van der Waals surface area contributed by atoms with Crippen LogP contribution < -0.4 is 5.73 Å². The SMILES string of the molecule is CC/C=C\C/C=C\C/C=C\C/C=C\C/C=C\C/C=C\C/C=C\C/C=C\CCCCCCCCCCC(=O)OC(COC(=O)CCCCCCCCCCCCCCCCCCCCCCCCCCCC)COP(=O)(O)OCCN. The quantitative estimate of drug-likeness (QED) is 0.0264. The molecule has 9 nitrogen and oxygen atoms in total. The van der Waals surface area contributed by atoms with Gasteiger partial charge in [0, 0.05) is 19.4 Å². The van der Waals surface area contributed by atoms with Crippen LogP contribution in [0.3, 0.4) is 0 Å². The molecule has 0 fully saturated rings. The highest BCUT2D eigenvalue weighted by Gasteiger charge is 2.26. The van der Waals surface area contributed by atoms with Crippen molar-refractivity contribution >= 4 is 19.8 Å². The summed E-state index contributed by atoms with van der Waals surface area (Å²) in [6, 6.07) is 0. The van der Waals surface area contributed by atoms with Crippen molar-refractivity contribution in [3.05, 3.63) is 97.2 Å². The van der Waals surface area contributed by atoms with Crippen molar-refractivity contribution in [3.63, 3.8) is 0 Å². The second-order valence-electron chi connectivity index (χ2n) is 22.0. The number of nitrogens with two attached hydrogens (primary N) is 1. The van der Waals surface area contributed by atoms with Crippen LogP contribution in [0.5, 0.6) is 0 Å². The fourth-order valence-corrected chi connectivity index (χ4v) is 10.1. The Morgan fingerprint density at radius 1 is 0.388 bits per heavy atom. The van der Waals surface area contributed by atoms with Gasteiger partial charge in [-0.1, -0.05) is 310 Å². The van der Waals surface area contributed by atoms with E-state index in [1.165, 1.54) is 173 Å². The first-order chi connectivity index (χ1) is 39.3. The van der Waals surface area contributed by atoms with E-state index in [4.69, 9.17) is 24.3 Å². The summed E-state index contributed by atoms with van der Waals surface area (Å²) in [5.74, 6) is -0.830. The predicted molar refractivity (Wildman–Crippen MR) is 344 cm³/mol. The van der Waals surface area contributed by atoms with Crippen LogP contribution in [0, 0.1) is 0 Å². The van der Waals surface area contributed by atoms with Gasteiger partial charge in [0.15, 0.2) is 6.10 Å². The molecule has 0 saturated heterocycles. The van der Waals surface area contributed by atoms with Crippen LogP contribution in [-0.4, -0.2) is 49.3 Å². The Bertz CT molecular complexity index is 1630. The number of hydrogen-bond donors (Lipinski definition) is 2. The topological polar surface area (TPSA) is 134 Å². The Balaban J connectivity index is 3.95. The molecule has 80 heavy (non-hydrogen) atoms. The Hall–Kier alpha value is -3.07. The normalized spacial score (nSPS) is 13.6. The summed E-state index contributed by atoms with van der Waals surface area (Å²) in [6.45, 7) is 3.66. The van der Waals surface area contributed by atoms with E-state index in [9.17, 15) is 19.0 Å². The largest absolute Gasteiger partial charge is 0.472 e. The number of carbonyl (C=O) groups is 2. The minimum atomic E-state index is -4.40. The van der Waals surface area contributed by atoms with Gasteiger partial charge in [-0.15, -0.1) is 0 Å². The van der Waals surface area contributed by atoms with Gasteiger partial charge in [0.2, 0.25) is 0 Å². The van der Waals surface area contributed by atoms with Gasteiger partial charge in [0.25, 0.3) is 0 Å². The maximum Gasteiger partial charge on any atom is 0.472 e. The molecule has 0 radical (unpaired) electrons. The van der Waals surface area contributed by atoms with Gasteiger partial charge in [0.05, 0.1) is 13.2 Å².